The second-order valence-corrected chi connectivity index (χ2v) is 6.65. The number of imide groups is 2. The fourth-order valence-corrected chi connectivity index (χ4v) is 3.33. The number of nitrogens with one attached hydrogen (secondary N) is 3. The van der Waals surface area contributed by atoms with Gasteiger partial charge in [-0.25, -0.2) is 9.59 Å². The van der Waals surface area contributed by atoms with E-state index in [1.807, 2.05) is 12.2 Å². The molecule has 0 bridgehead atoms. The summed E-state index contributed by atoms with van der Waals surface area (Å²) in [5.74, 6) is -2.21. The average molecular weight is 380 g/mol. The lowest BCUT2D eigenvalue weighted by atomic mass is 9.73. The van der Waals surface area contributed by atoms with Crippen LogP contribution in [0.5, 0.6) is 0 Å². The summed E-state index contributed by atoms with van der Waals surface area (Å²) in [5, 5.41) is 7.01. The molecule has 3 N–H and O–H groups in total. The Morgan fingerprint density at radius 1 is 1.37 bits per heavy atom. The van der Waals surface area contributed by atoms with Gasteiger partial charge in [0.2, 0.25) is 0 Å². The summed E-state index contributed by atoms with van der Waals surface area (Å²) < 4.78 is 4.75. The summed E-state index contributed by atoms with van der Waals surface area (Å²) in [6, 6.07) is -1.39. The fourth-order valence-electron chi connectivity index (χ4n) is 3.33. The molecule has 27 heavy (non-hydrogen) atoms. The number of carbonyl (C=O) groups is 5. The summed E-state index contributed by atoms with van der Waals surface area (Å²) in [4.78, 5) is 60.4. The zero-order valence-electron chi connectivity index (χ0n) is 15.2. The van der Waals surface area contributed by atoms with Gasteiger partial charge in [0.05, 0.1) is 0 Å². The van der Waals surface area contributed by atoms with Crippen LogP contribution in [0.15, 0.2) is 12.7 Å². The van der Waals surface area contributed by atoms with E-state index in [1.54, 1.807) is 0 Å². The molecule has 1 heterocycles. The molecule has 1 saturated heterocycles. The Balaban J connectivity index is 1.84. The highest BCUT2D eigenvalue weighted by Crippen LogP contribution is 2.38. The number of urea groups is 2. The van der Waals surface area contributed by atoms with Crippen molar-refractivity contribution in [2.75, 3.05) is 19.7 Å². The van der Waals surface area contributed by atoms with Gasteiger partial charge in [0.15, 0.2) is 6.61 Å². The lowest BCUT2D eigenvalue weighted by Gasteiger charge is -2.36. The molecule has 1 aliphatic heterocycles. The van der Waals surface area contributed by atoms with Gasteiger partial charge in [0.25, 0.3) is 11.8 Å². The first-order valence-corrected chi connectivity index (χ1v) is 8.78. The van der Waals surface area contributed by atoms with Gasteiger partial charge >= 0.3 is 18.0 Å². The van der Waals surface area contributed by atoms with Crippen LogP contribution >= 0.6 is 0 Å². The smallest absolute Gasteiger partial charge is 0.326 e. The first kappa shape index (κ1) is 20.4. The van der Waals surface area contributed by atoms with Crippen LogP contribution in [0.2, 0.25) is 0 Å². The fraction of sp³-hybridized carbons (Fsp3) is 0.588. The van der Waals surface area contributed by atoms with Crippen LogP contribution < -0.4 is 16.0 Å². The van der Waals surface area contributed by atoms with Gasteiger partial charge in [0, 0.05) is 6.54 Å². The van der Waals surface area contributed by atoms with Crippen molar-refractivity contribution in [1.29, 1.82) is 0 Å². The number of amides is 6. The Morgan fingerprint density at radius 3 is 2.78 bits per heavy atom. The van der Waals surface area contributed by atoms with Crippen LogP contribution in [0, 0.1) is 5.92 Å². The number of hydrogen-bond acceptors (Lipinski definition) is 6. The molecule has 0 radical (unpaired) electrons. The zero-order chi connectivity index (χ0) is 20.0. The van der Waals surface area contributed by atoms with E-state index >= 15 is 0 Å². The van der Waals surface area contributed by atoms with Crippen LogP contribution in [0.4, 0.5) is 9.59 Å². The van der Waals surface area contributed by atoms with E-state index in [1.165, 1.54) is 6.08 Å². The molecule has 10 nitrogen and oxygen atoms in total. The van der Waals surface area contributed by atoms with Crippen molar-refractivity contribution >= 4 is 29.8 Å². The van der Waals surface area contributed by atoms with Crippen molar-refractivity contribution in [2.24, 2.45) is 5.92 Å². The van der Waals surface area contributed by atoms with Crippen molar-refractivity contribution in [3.8, 4) is 0 Å². The standard InChI is InChI=1S/C17H24N4O6/c1-3-8-18-15(25)19-12(22)10-27-13(23)9-21-14(24)17(20-16(21)26)7-5-4-6-11(17)2/h3,11H,1,4-10H2,2H3,(H,20,26)(H2,18,19,22,25)/t11-,17+/m0/s1. The molecule has 1 spiro atoms. The number of carbonyl (C=O) groups excluding carboxylic acids is 5. The molecule has 2 fully saturated rings. The second kappa shape index (κ2) is 8.65. The highest BCUT2D eigenvalue weighted by Gasteiger charge is 2.55. The quantitative estimate of drug-likeness (QED) is 0.338. The van der Waals surface area contributed by atoms with E-state index in [-0.39, 0.29) is 12.5 Å². The zero-order valence-corrected chi connectivity index (χ0v) is 15.2. The predicted octanol–water partition coefficient (Wildman–Crippen LogP) is 0.0421. The van der Waals surface area contributed by atoms with E-state index in [2.05, 4.69) is 17.2 Å². The molecule has 1 aliphatic carbocycles. The van der Waals surface area contributed by atoms with E-state index in [0.29, 0.717) is 6.42 Å². The van der Waals surface area contributed by atoms with Crippen LogP contribution in [-0.2, 0) is 19.1 Å². The first-order chi connectivity index (χ1) is 12.8. The number of rotatable bonds is 6. The third kappa shape index (κ3) is 4.63. The Morgan fingerprint density at radius 2 is 2.11 bits per heavy atom. The van der Waals surface area contributed by atoms with Crippen LogP contribution in [0.25, 0.3) is 0 Å². The van der Waals surface area contributed by atoms with Crippen LogP contribution in [0.1, 0.15) is 32.6 Å². The summed E-state index contributed by atoms with van der Waals surface area (Å²) in [6.45, 7) is 4.19. The minimum absolute atomic E-state index is 0.0245. The molecule has 0 aromatic carbocycles. The van der Waals surface area contributed by atoms with E-state index < -0.39 is 48.5 Å². The van der Waals surface area contributed by atoms with Crippen molar-refractivity contribution in [3.05, 3.63) is 12.7 Å². The maximum atomic E-state index is 12.7. The van der Waals surface area contributed by atoms with Gasteiger partial charge in [-0.05, 0) is 18.8 Å². The predicted molar refractivity (Wildman–Crippen MR) is 93.3 cm³/mol. The average Bonchev–Trinajstić information content (AvgIpc) is 2.86. The molecule has 0 unspecified atom stereocenters. The SMILES string of the molecule is C=CCNC(=O)NC(=O)COC(=O)CN1C(=O)N[C@@]2(CCCC[C@@H]2C)C1=O. The number of hydrogen-bond donors (Lipinski definition) is 3. The number of nitrogens with zero attached hydrogens (tertiary/aromatic N) is 1. The monoisotopic (exact) mass is 380 g/mol. The van der Waals surface area contributed by atoms with Gasteiger partial charge in [-0.15, -0.1) is 6.58 Å². The lowest BCUT2D eigenvalue weighted by molar-refractivity contribution is -0.151. The summed E-state index contributed by atoms with van der Waals surface area (Å²) in [6.07, 6.45) is 4.60. The number of esters is 1. The molecular weight excluding hydrogens is 356 g/mol. The van der Waals surface area contributed by atoms with Crippen LogP contribution in [-0.4, -0.2) is 60.0 Å². The largest absolute Gasteiger partial charge is 0.454 e. The molecule has 6 amide bonds. The third-order valence-corrected chi connectivity index (χ3v) is 4.81. The van der Waals surface area contributed by atoms with Gasteiger partial charge in [-0.2, -0.15) is 0 Å². The topological polar surface area (TPSA) is 134 Å². The maximum absolute atomic E-state index is 12.7. The normalized spacial score (nSPS) is 24.3. The molecular formula is C17H24N4O6. The second-order valence-electron chi connectivity index (χ2n) is 6.65. The third-order valence-electron chi connectivity index (χ3n) is 4.81. The Kier molecular flexibility index (Phi) is 6.54. The van der Waals surface area contributed by atoms with Crippen molar-refractivity contribution in [1.82, 2.24) is 20.9 Å². The van der Waals surface area contributed by atoms with Crippen molar-refractivity contribution in [2.45, 2.75) is 38.1 Å². The van der Waals surface area contributed by atoms with E-state index in [9.17, 15) is 24.0 Å². The maximum Gasteiger partial charge on any atom is 0.326 e. The molecule has 0 aromatic heterocycles. The van der Waals surface area contributed by atoms with Gasteiger partial charge < -0.3 is 15.4 Å². The minimum atomic E-state index is -0.962. The van der Waals surface area contributed by atoms with Gasteiger partial charge in [-0.1, -0.05) is 25.8 Å². The Labute approximate surface area is 156 Å². The molecule has 10 heteroatoms. The summed E-state index contributed by atoms with van der Waals surface area (Å²) >= 11 is 0. The molecule has 2 aliphatic rings. The Hall–Kier alpha value is -2.91. The molecule has 2 atom stereocenters. The number of ether oxygens (including phenoxy) is 1. The van der Waals surface area contributed by atoms with Crippen molar-refractivity contribution in [3.63, 3.8) is 0 Å². The summed E-state index contributed by atoms with van der Waals surface area (Å²) in [5.41, 5.74) is -0.962. The highest BCUT2D eigenvalue weighted by atomic mass is 16.5. The Bertz CT molecular complexity index is 664. The molecule has 148 valence electrons. The first-order valence-electron chi connectivity index (χ1n) is 8.78. The molecule has 0 aromatic rings. The van der Waals surface area contributed by atoms with E-state index in [4.69, 9.17) is 4.74 Å². The molecule has 2 rings (SSSR count). The summed E-state index contributed by atoms with van der Waals surface area (Å²) in [7, 11) is 0. The minimum Gasteiger partial charge on any atom is -0.454 e. The highest BCUT2D eigenvalue weighted by molar-refractivity contribution is 6.09. The van der Waals surface area contributed by atoms with Crippen molar-refractivity contribution < 1.29 is 28.7 Å². The van der Waals surface area contributed by atoms with Crippen LogP contribution in [0.3, 0.4) is 0 Å². The lowest BCUT2D eigenvalue weighted by Crippen LogP contribution is -2.54. The van der Waals surface area contributed by atoms with E-state index in [0.717, 1.165) is 24.2 Å². The van der Waals surface area contributed by atoms with Gasteiger partial charge in [0.1, 0.15) is 12.1 Å². The van der Waals surface area contributed by atoms with Gasteiger partial charge in [-0.3, -0.25) is 24.6 Å². The molecule has 1 saturated carbocycles.